The minimum absolute atomic E-state index is 0.0516. The van der Waals surface area contributed by atoms with Crippen LogP contribution in [0.25, 0.3) is 5.95 Å². The van der Waals surface area contributed by atoms with E-state index in [1.807, 2.05) is 42.5 Å². The fraction of sp³-hybridized carbons (Fsp3) is 0.0952. The standard InChI is InChI=1S/C21H19N7O2/c29-19(30)12-16-7-4-8-17(11-16)25-20-23-14-24-21(26-20)28-10-9-18(27-28)22-13-15-5-2-1-3-6-15/h1-11,14H,12-13H2,(H,22,27)(H,29,30)(H,23,24,25,26). The number of nitrogens with zero attached hydrogens (tertiary/aromatic N) is 5. The van der Waals surface area contributed by atoms with Crippen LogP contribution in [0.15, 0.2) is 73.2 Å². The number of carboxylic acids is 1. The van der Waals surface area contributed by atoms with E-state index >= 15 is 0 Å². The van der Waals surface area contributed by atoms with Crippen molar-refractivity contribution in [1.82, 2.24) is 24.7 Å². The third-order valence-electron chi connectivity index (χ3n) is 4.21. The van der Waals surface area contributed by atoms with Crippen molar-refractivity contribution in [2.45, 2.75) is 13.0 Å². The lowest BCUT2D eigenvalue weighted by atomic mass is 10.1. The zero-order valence-corrected chi connectivity index (χ0v) is 15.9. The van der Waals surface area contributed by atoms with E-state index in [1.54, 1.807) is 29.1 Å². The van der Waals surface area contributed by atoms with Gasteiger partial charge in [-0.3, -0.25) is 4.79 Å². The predicted octanol–water partition coefficient (Wildman–Crippen LogP) is 3.04. The first-order valence-corrected chi connectivity index (χ1v) is 9.26. The average molecular weight is 401 g/mol. The first-order valence-electron chi connectivity index (χ1n) is 9.26. The topological polar surface area (TPSA) is 118 Å². The van der Waals surface area contributed by atoms with Gasteiger partial charge in [0.05, 0.1) is 6.42 Å². The van der Waals surface area contributed by atoms with Crippen LogP contribution >= 0.6 is 0 Å². The highest BCUT2D eigenvalue weighted by atomic mass is 16.4. The highest BCUT2D eigenvalue weighted by Gasteiger charge is 2.07. The molecule has 0 atom stereocenters. The number of aliphatic carboxylic acids is 1. The van der Waals surface area contributed by atoms with Gasteiger partial charge in [-0.2, -0.15) is 9.97 Å². The summed E-state index contributed by atoms with van der Waals surface area (Å²) in [5.41, 5.74) is 2.53. The largest absolute Gasteiger partial charge is 0.481 e. The monoisotopic (exact) mass is 401 g/mol. The third kappa shape index (κ3) is 4.96. The minimum atomic E-state index is -0.884. The van der Waals surface area contributed by atoms with Gasteiger partial charge in [-0.05, 0) is 23.3 Å². The lowest BCUT2D eigenvalue weighted by molar-refractivity contribution is -0.136. The summed E-state index contributed by atoms with van der Waals surface area (Å²) in [6, 6.07) is 19.0. The number of rotatable bonds is 8. The van der Waals surface area contributed by atoms with Crippen LogP contribution in [0.3, 0.4) is 0 Å². The van der Waals surface area contributed by atoms with Gasteiger partial charge < -0.3 is 15.7 Å². The molecular formula is C21H19N7O2. The molecule has 0 aliphatic heterocycles. The molecule has 0 aliphatic rings. The van der Waals surface area contributed by atoms with Crippen LogP contribution in [0.2, 0.25) is 0 Å². The number of hydrogen-bond donors (Lipinski definition) is 3. The van der Waals surface area contributed by atoms with Crippen LogP contribution in [0.4, 0.5) is 17.5 Å². The third-order valence-corrected chi connectivity index (χ3v) is 4.21. The van der Waals surface area contributed by atoms with E-state index < -0.39 is 5.97 Å². The molecule has 0 saturated carbocycles. The van der Waals surface area contributed by atoms with E-state index in [1.165, 1.54) is 6.33 Å². The molecule has 2 aromatic carbocycles. The Morgan fingerprint density at radius 3 is 2.67 bits per heavy atom. The SMILES string of the molecule is O=C(O)Cc1cccc(Nc2ncnc(-n3ccc(NCc4ccccc4)n3)n2)c1. The van der Waals surface area contributed by atoms with Gasteiger partial charge in [-0.1, -0.05) is 42.5 Å². The van der Waals surface area contributed by atoms with Gasteiger partial charge in [0, 0.05) is 24.5 Å². The summed E-state index contributed by atoms with van der Waals surface area (Å²) in [6.45, 7) is 0.661. The van der Waals surface area contributed by atoms with Gasteiger partial charge in [0.25, 0.3) is 5.95 Å². The molecule has 0 unspecified atom stereocenters. The fourth-order valence-corrected chi connectivity index (χ4v) is 2.84. The van der Waals surface area contributed by atoms with Gasteiger partial charge in [0.2, 0.25) is 5.95 Å². The number of aromatic nitrogens is 5. The lowest BCUT2D eigenvalue weighted by Crippen LogP contribution is -2.07. The fourth-order valence-electron chi connectivity index (χ4n) is 2.84. The van der Waals surface area contributed by atoms with Gasteiger partial charge in [0.1, 0.15) is 12.1 Å². The molecule has 0 bridgehead atoms. The minimum Gasteiger partial charge on any atom is -0.481 e. The molecule has 9 heteroatoms. The summed E-state index contributed by atoms with van der Waals surface area (Å²) < 4.78 is 1.56. The number of hydrogen-bond acceptors (Lipinski definition) is 7. The lowest BCUT2D eigenvalue weighted by Gasteiger charge is -2.07. The Hall–Kier alpha value is -4.27. The second kappa shape index (κ2) is 8.82. The highest BCUT2D eigenvalue weighted by Crippen LogP contribution is 2.16. The molecule has 4 aromatic rings. The van der Waals surface area contributed by atoms with Crippen molar-refractivity contribution < 1.29 is 9.90 Å². The Labute approximate surface area is 172 Å². The Balaban J connectivity index is 1.45. The smallest absolute Gasteiger partial charge is 0.307 e. The second-order valence-electron chi connectivity index (χ2n) is 6.49. The average Bonchev–Trinajstić information content (AvgIpc) is 3.22. The molecule has 3 N–H and O–H groups in total. The van der Waals surface area contributed by atoms with E-state index in [4.69, 9.17) is 5.11 Å². The van der Waals surface area contributed by atoms with Crippen LogP contribution in [-0.2, 0) is 17.8 Å². The number of nitrogens with one attached hydrogen (secondary N) is 2. The number of carboxylic acid groups (broad SMARTS) is 1. The maximum Gasteiger partial charge on any atom is 0.307 e. The normalized spacial score (nSPS) is 10.5. The van der Waals surface area contributed by atoms with Crippen molar-refractivity contribution in [1.29, 1.82) is 0 Å². The molecular weight excluding hydrogens is 382 g/mol. The van der Waals surface area contributed by atoms with Gasteiger partial charge >= 0.3 is 5.97 Å². The second-order valence-corrected chi connectivity index (χ2v) is 6.49. The van der Waals surface area contributed by atoms with Gasteiger partial charge in [-0.25, -0.2) is 9.67 Å². The zero-order chi connectivity index (χ0) is 20.8. The van der Waals surface area contributed by atoms with Crippen molar-refractivity contribution in [2.24, 2.45) is 0 Å². The Bertz CT molecular complexity index is 1140. The summed E-state index contributed by atoms with van der Waals surface area (Å²) >= 11 is 0. The molecule has 2 heterocycles. The van der Waals surface area contributed by atoms with Gasteiger partial charge in [0.15, 0.2) is 0 Å². The van der Waals surface area contributed by atoms with Gasteiger partial charge in [-0.15, -0.1) is 5.10 Å². The van der Waals surface area contributed by atoms with Crippen molar-refractivity contribution >= 4 is 23.4 Å². The van der Waals surface area contributed by atoms with E-state index in [0.29, 0.717) is 35.5 Å². The number of carbonyl (C=O) groups is 1. The molecule has 30 heavy (non-hydrogen) atoms. The summed E-state index contributed by atoms with van der Waals surface area (Å²) in [5, 5.41) is 19.7. The van der Waals surface area contributed by atoms with Crippen LogP contribution in [0.1, 0.15) is 11.1 Å². The number of benzene rings is 2. The maximum atomic E-state index is 10.9. The Morgan fingerprint density at radius 1 is 1.00 bits per heavy atom. The molecule has 0 amide bonds. The van der Waals surface area contributed by atoms with E-state index in [2.05, 4.69) is 30.7 Å². The molecule has 0 spiro atoms. The first-order chi connectivity index (χ1) is 14.7. The van der Waals surface area contributed by atoms with E-state index in [-0.39, 0.29) is 6.42 Å². The molecule has 0 radical (unpaired) electrons. The molecule has 0 fully saturated rings. The number of anilines is 3. The van der Waals surface area contributed by atoms with E-state index in [9.17, 15) is 4.79 Å². The predicted molar refractivity (Wildman–Crippen MR) is 112 cm³/mol. The molecule has 9 nitrogen and oxygen atoms in total. The molecule has 0 saturated heterocycles. The van der Waals surface area contributed by atoms with Crippen molar-refractivity contribution in [3.8, 4) is 5.95 Å². The van der Waals surface area contributed by atoms with Crippen LogP contribution < -0.4 is 10.6 Å². The van der Waals surface area contributed by atoms with E-state index in [0.717, 1.165) is 5.56 Å². The highest BCUT2D eigenvalue weighted by molar-refractivity contribution is 5.71. The molecule has 4 rings (SSSR count). The van der Waals surface area contributed by atoms with Crippen LogP contribution in [0, 0.1) is 0 Å². The summed E-state index contributed by atoms with van der Waals surface area (Å²) in [6.07, 6.45) is 3.11. The maximum absolute atomic E-state index is 10.9. The van der Waals surface area contributed by atoms with Crippen LogP contribution in [-0.4, -0.2) is 35.8 Å². The molecule has 2 aromatic heterocycles. The van der Waals surface area contributed by atoms with Crippen molar-refractivity contribution in [2.75, 3.05) is 10.6 Å². The van der Waals surface area contributed by atoms with Crippen LogP contribution in [0.5, 0.6) is 0 Å². The first kappa shape index (κ1) is 19.1. The Kier molecular flexibility index (Phi) is 5.61. The zero-order valence-electron chi connectivity index (χ0n) is 15.9. The molecule has 150 valence electrons. The molecule has 0 aliphatic carbocycles. The summed E-state index contributed by atoms with van der Waals surface area (Å²) in [7, 11) is 0. The summed E-state index contributed by atoms with van der Waals surface area (Å²) in [5.74, 6) is 0.517. The van der Waals surface area contributed by atoms with Crippen molar-refractivity contribution in [3.63, 3.8) is 0 Å². The summed E-state index contributed by atoms with van der Waals surface area (Å²) in [4.78, 5) is 23.6. The van der Waals surface area contributed by atoms with Crippen molar-refractivity contribution in [3.05, 3.63) is 84.3 Å². The quantitative estimate of drug-likeness (QED) is 0.412. The Morgan fingerprint density at radius 2 is 1.83 bits per heavy atom.